The highest BCUT2D eigenvalue weighted by atomic mass is 35.5. The molecule has 5 heteroatoms. The molecule has 0 saturated carbocycles. The van der Waals surface area contributed by atoms with Crippen molar-refractivity contribution in [2.45, 2.75) is 6.04 Å². The van der Waals surface area contributed by atoms with E-state index in [0.717, 1.165) is 5.56 Å². The monoisotopic (exact) mass is 273 g/mol. The first-order chi connectivity index (χ1) is 8.19. The molecule has 0 spiro atoms. The van der Waals surface area contributed by atoms with Gasteiger partial charge in [0.1, 0.15) is 6.04 Å². The minimum atomic E-state index is -0.549. The SMILES string of the molecule is COC(=O)C(NCC(Cl)=CCl)c1ccccc1. The van der Waals surface area contributed by atoms with Crippen molar-refractivity contribution in [3.8, 4) is 0 Å². The standard InChI is InChI=1S/C12H13Cl2NO2/c1-17-12(16)11(15-8-10(14)7-13)9-5-3-2-4-6-9/h2-7,11,15H,8H2,1H3. The molecule has 0 fully saturated rings. The van der Waals surface area contributed by atoms with Gasteiger partial charge in [-0.2, -0.15) is 0 Å². The van der Waals surface area contributed by atoms with Crippen LogP contribution in [0.3, 0.4) is 0 Å². The van der Waals surface area contributed by atoms with Gasteiger partial charge >= 0.3 is 5.97 Å². The molecule has 0 aliphatic carbocycles. The number of hydrogen-bond acceptors (Lipinski definition) is 3. The van der Waals surface area contributed by atoms with Gasteiger partial charge in [-0.15, -0.1) is 0 Å². The summed E-state index contributed by atoms with van der Waals surface area (Å²) >= 11 is 11.2. The van der Waals surface area contributed by atoms with Gasteiger partial charge in [0.25, 0.3) is 0 Å². The Bertz CT molecular complexity index is 393. The van der Waals surface area contributed by atoms with Crippen LogP contribution in [0.4, 0.5) is 0 Å². The second kappa shape index (κ2) is 7.33. The maximum Gasteiger partial charge on any atom is 0.327 e. The molecule has 0 heterocycles. The third-order valence-electron chi connectivity index (χ3n) is 2.16. The highest BCUT2D eigenvalue weighted by Crippen LogP contribution is 2.15. The minimum Gasteiger partial charge on any atom is -0.468 e. The predicted octanol–water partition coefficient (Wildman–Crippen LogP) is 2.81. The highest BCUT2D eigenvalue weighted by Gasteiger charge is 2.20. The molecule has 17 heavy (non-hydrogen) atoms. The van der Waals surface area contributed by atoms with Crippen LogP contribution in [-0.4, -0.2) is 19.6 Å². The number of ether oxygens (including phenoxy) is 1. The molecule has 1 aromatic rings. The van der Waals surface area contributed by atoms with Crippen molar-refractivity contribution in [1.82, 2.24) is 5.32 Å². The number of halogens is 2. The second-order valence-corrected chi connectivity index (χ2v) is 4.01. The third kappa shape index (κ3) is 4.38. The number of carbonyl (C=O) groups excluding carboxylic acids is 1. The number of hydrogen-bond donors (Lipinski definition) is 1. The number of methoxy groups -OCH3 is 1. The normalized spacial score (nSPS) is 13.2. The Labute approximate surface area is 110 Å². The van der Waals surface area contributed by atoms with E-state index in [9.17, 15) is 4.79 Å². The number of carbonyl (C=O) groups is 1. The number of rotatable bonds is 5. The van der Waals surface area contributed by atoms with Gasteiger partial charge in [-0.3, -0.25) is 5.32 Å². The molecule has 0 radical (unpaired) electrons. The Balaban J connectivity index is 2.78. The summed E-state index contributed by atoms with van der Waals surface area (Å²) in [7, 11) is 1.35. The largest absolute Gasteiger partial charge is 0.468 e. The smallest absolute Gasteiger partial charge is 0.327 e. The number of nitrogens with one attached hydrogen (secondary N) is 1. The molecule has 1 atom stereocenters. The van der Waals surface area contributed by atoms with E-state index in [4.69, 9.17) is 27.9 Å². The molecule has 0 aromatic heterocycles. The first kappa shape index (κ1) is 14.0. The summed E-state index contributed by atoms with van der Waals surface area (Å²) in [6, 6.07) is 8.72. The van der Waals surface area contributed by atoms with E-state index in [1.807, 2.05) is 30.3 Å². The number of esters is 1. The van der Waals surface area contributed by atoms with E-state index < -0.39 is 6.04 Å². The fourth-order valence-electron chi connectivity index (χ4n) is 1.34. The van der Waals surface area contributed by atoms with Crippen LogP contribution in [0.25, 0.3) is 0 Å². The quantitative estimate of drug-likeness (QED) is 0.839. The fourth-order valence-corrected chi connectivity index (χ4v) is 1.49. The summed E-state index contributed by atoms with van der Waals surface area (Å²) in [5, 5.41) is 3.41. The van der Waals surface area contributed by atoms with Crippen LogP contribution in [0.15, 0.2) is 40.9 Å². The summed E-state index contributed by atoms with van der Waals surface area (Å²) in [6.07, 6.45) is 0. The van der Waals surface area contributed by atoms with Gasteiger partial charge in [0.05, 0.1) is 7.11 Å². The van der Waals surface area contributed by atoms with Crippen molar-refractivity contribution in [2.24, 2.45) is 0 Å². The molecule has 0 amide bonds. The summed E-state index contributed by atoms with van der Waals surface area (Å²) < 4.78 is 4.74. The van der Waals surface area contributed by atoms with Gasteiger partial charge in [0, 0.05) is 17.1 Å². The molecule has 0 aliphatic heterocycles. The Kier molecular flexibility index (Phi) is 6.05. The predicted molar refractivity (Wildman–Crippen MR) is 69.0 cm³/mol. The Hall–Kier alpha value is -1.03. The van der Waals surface area contributed by atoms with Crippen LogP contribution in [0.5, 0.6) is 0 Å². The molecule has 0 aliphatic rings. The summed E-state index contributed by atoms with van der Waals surface area (Å²) in [6.45, 7) is 0.305. The lowest BCUT2D eigenvalue weighted by Gasteiger charge is -2.16. The van der Waals surface area contributed by atoms with Gasteiger partial charge in [0.15, 0.2) is 0 Å². The molecule has 1 unspecified atom stereocenters. The van der Waals surface area contributed by atoms with Gasteiger partial charge in [-0.05, 0) is 5.56 Å². The first-order valence-electron chi connectivity index (χ1n) is 5.00. The van der Waals surface area contributed by atoms with Crippen molar-refractivity contribution in [3.05, 3.63) is 46.5 Å². The Morgan fingerprint density at radius 1 is 1.47 bits per heavy atom. The molecule has 3 nitrogen and oxygen atoms in total. The van der Waals surface area contributed by atoms with Crippen molar-refractivity contribution >= 4 is 29.2 Å². The minimum absolute atomic E-state index is 0.305. The topological polar surface area (TPSA) is 38.3 Å². The van der Waals surface area contributed by atoms with Crippen LogP contribution in [-0.2, 0) is 9.53 Å². The second-order valence-electron chi connectivity index (χ2n) is 3.30. The average Bonchev–Trinajstić information content (AvgIpc) is 2.39. The van der Waals surface area contributed by atoms with E-state index in [1.54, 1.807) is 0 Å². The molecule has 1 aromatic carbocycles. The molecular weight excluding hydrogens is 261 g/mol. The van der Waals surface area contributed by atoms with Gasteiger partial charge < -0.3 is 4.74 Å². The lowest BCUT2D eigenvalue weighted by molar-refractivity contribution is -0.143. The Morgan fingerprint density at radius 2 is 2.12 bits per heavy atom. The van der Waals surface area contributed by atoms with Gasteiger partial charge in [-0.25, -0.2) is 4.79 Å². The van der Waals surface area contributed by atoms with Crippen LogP contribution >= 0.6 is 23.2 Å². The molecule has 1 N–H and O–H groups in total. The van der Waals surface area contributed by atoms with E-state index in [2.05, 4.69) is 5.32 Å². The lowest BCUT2D eigenvalue weighted by Crippen LogP contribution is -2.30. The summed E-state index contributed by atoms with van der Waals surface area (Å²) in [5.74, 6) is -0.366. The summed E-state index contributed by atoms with van der Waals surface area (Å²) in [5.41, 5.74) is 2.08. The van der Waals surface area contributed by atoms with Crippen LogP contribution in [0, 0.1) is 0 Å². The highest BCUT2D eigenvalue weighted by molar-refractivity contribution is 6.36. The third-order valence-corrected chi connectivity index (χ3v) is 2.78. The number of benzene rings is 1. The zero-order valence-corrected chi connectivity index (χ0v) is 10.8. The molecular formula is C12H13Cl2NO2. The van der Waals surface area contributed by atoms with E-state index in [-0.39, 0.29) is 5.97 Å². The molecule has 0 saturated heterocycles. The van der Waals surface area contributed by atoms with Crippen molar-refractivity contribution in [2.75, 3.05) is 13.7 Å². The van der Waals surface area contributed by atoms with Crippen LogP contribution in [0.1, 0.15) is 11.6 Å². The van der Waals surface area contributed by atoms with Crippen molar-refractivity contribution < 1.29 is 9.53 Å². The first-order valence-corrected chi connectivity index (χ1v) is 5.81. The van der Waals surface area contributed by atoms with Gasteiger partial charge in [0.2, 0.25) is 0 Å². The van der Waals surface area contributed by atoms with Crippen molar-refractivity contribution in [1.29, 1.82) is 0 Å². The molecule has 92 valence electrons. The van der Waals surface area contributed by atoms with Gasteiger partial charge in [-0.1, -0.05) is 53.5 Å². The van der Waals surface area contributed by atoms with Crippen LogP contribution < -0.4 is 5.32 Å². The van der Waals surface area contributed by atoms with E-state index >= 15 is 0 Å². The van der Waals surface area contributed by atoms with Crippen molar-refractivity contribution in [3.63, 3.8) is 0 Å². The fraction of sp³-hybridized carbons (Fsp3) is 0.250. The zero-order valence-electron chi connectivity index (χ0n) is 9.32. The van der Waals surface area contributed by atoms with Crippen LogP contribution in [0.2, 0.25) is 0 Å². The maximum atomic E-state index is 11.6. The molecule has 0 bridgehead atoms. The summed E-state index contributed by atoms with van der Waals surface area (Å²) in [4.78, 5) is 11.6. The van der Waals surface area contributed by atoms with E-state index in [0.29, 0.717) is 11.6 Å². The lowest BCUT2D eigenvalue weighted by atomic mass is 10.1. The maximum absolute atomic E-state index is 11.6. The zero-order chi connectivity index (χ0) is 12.7. The average molecular weight is 274 g/mol. The van der Waals surface area contributed by atoms with E-state index in [1.165, 1.54) is 12.6 Å². The Morgan fingerprint density at radius 3 is 2.65 bits per heavy atom. The molecule has 1 rings (SSSR count).